The van der Waals surface area contributed by atoms with Gasteiger partial charge in [-0.25, -0.2) is 13.2 Å². The zero-order valence-electron chi connectivity index (χ0n) is 12.5. The molecule has 2 amide bonds. The number of carbonyl (C=O) groups excluding carboxylic acids is 2. The van der Waals surface area contributed by atoms with Crippen molar-refractivity contribution in [3.8, 4) is 0 Å². The fourth-order valence-electron chi connectivity index (χ4n) is 1.89. The van der Waals surface area contributed by atoms with Crippen molar-refractivity contribution in [1.29, 1.82) is 0 Å². The third-order valence-corrected chi connectivity index (χ3v) is 3.12. The molecule has 2 rings (SSSR count). The van der Waals surface area contributed by atoms with Gasteiger partial charge in [0.25, 0.3) is 0 Å². The fraction of sp³-hybridized carbons (Fsp3) is 0.188. The summed E-state index contributed by atoms with van der Waals surface area (Å²) in [6.07, 6.45) is 3.86. The van der Waals surface area contributed by atoms with E-state index in [1.165, 1.54) is 0 Å². The number of benzene rings is 1. The van der Waals surface area contributed by atoms with E-state index in [4.69, 9.17) is 0 Å². The predicted molar refractivity (Wildman–Crippen MR) is 80.5 cm³/mol. The largest absolute Gasteiger partial charge is 0.347 e. The SMILES string of the molecule is O=C(CCc1cccnc1)NCC(=O)Nc1ccc(F)c(F)c1F. The molecule has 2 aromatic rings. The minimum atomic E-state index is -1.67. The summed E-state index contributed by atoms with van der Waals surface area (Å²) in [4.78, 5) is 27.2. The number of pyridine rings is 1. The van der Waals surface area contributed by atoms with Gasteiger partial charge in [-0.15, -0.1) is 0 Å². The molecule has 1 aromatic heterocycles. The Hall–Kier alpha value is -2.90. The van der Waals surface area contributed by atoms with Crippen LogP contribution in [0.2, 0.25) is 0 Å². The summed E-state index contributed by atoms with van der Waals surface area (Å²) in [6, 6.07) is 5.16. The highest BCUT2D eigenvalue weighted by Gasteiger charge is 2.15. The zero-order chi connectivity index (χ0) is 17.5. The van der Waals surface area contributed by atoms with Crippen molar-refractivity contribution in [2.75, 3.05) is 11.9 Å². The first-order chi connectivity index (χ1) is 11.5. The summed E-state index contributed by atoms with van der Waals surface area (Å²) in [5.41, 5.74) is 0.379. The van der Waals surface area contributed by atoms with E-state index in [0.29, 0.717) is 12.5 Å². The quantitative estimate of drug-likeness (QED) is 0.794. The van der Waals surface area contributed by atoms with Crippen LogP contribution >= 0.6 is 0 Å². The van der Waals surface area contributed by atoms with Crippen LogP contribution in [0.4, 0.5) is 18.9 Å². The van der Waals surface area contributed by atoms with Crippen LogP contribution in [0.25, 0.3) is 0 Å². The van der Waals surface area contributed by atoms with Crippen LogP contribution in [0.15, 0.2) is 36.7 Å². The van der Waals surface area contributed by atoms with Crippen LogP contribution in [0.3, 0.4) is 0 Å². The average Bonchev–Trinajstić information content (AvgIpc) is 2.59. The molecule has 0 aliphatic rings. The monoisotopic (exact) mass is 337 g/mol. The molecule has 24 heavy (non-hydrogen) atoms. The van der Waals surface area contributed by atoms with Crippen LogP contribution in [-0.2, 0) is 16.0 Å². The van der Waals surface area contributed by atoms with Crippen molar-refractivity contribution in [1.82, 2.24) is 10.3 Å². The number of anilines is 1. The van der Waals surface area contributed by atoms with Gasteiger partial charge in [-0.2, -0.15) is 0 Å². The van der Waals surface area contributed by atoms with Gasteiger partial charge in [0.2, 0.25) is 11.8 Å². The van der Waals surface area contributed by atoms with Gasteiger partial charge in [0, 0.05) is 18.8 Å². The minimum absolute atomic E-state index is 0.151. The maximum Gasteiger partial charge on any atom is 0.243 e. The van der Waals surface area contributed by atoms with Crippen LogP contribution in [0.5, 0.6) is 0 Å². The van der Waals surface area contributed by atoms with E-state index in [1.807, 2.05) is 6.07 Å². The Morgan fingerprint density at radius 3 is 2.54 bits per heavy atom. The molecule has 0 aliphatic carbocycles. The Labute approximate surface area is 135 Å². The molecule has 8 heteroatoms. The van der Waals surface area contributed by atoms with Crippen molar-refractivity contribution in [2.24, 2.45) is 0 Å². The summed E-state index contributed by atoms with van der Waals surface area (Å²) in [7, 11) is 0. The molecule has 0 bridgehead atoms. The average molecular weight is 337 g/mol. The summed E-state index contributed by atoms with van der Waals surface area (Å²) in [5.74, 6) is -5.65. The lowest BCUT2D eigenvalue weighted by Crippen LogP contribution is -2.33. The minimum Gasteiger partial charge on any atom is -0.347 e. The van der Waals surface area contributed by atoms with Crippen LogP contribution < -0.4 is 10.6 Å². The second-order valence-electron chi connectivity index (χ2n) is 4.91. The molecule has 2 N–H and O–H groups in total. The van der Waals surface area contributed by atoms with E-state index in [1.54, 1.807) is 18.5 Å². The molecule has 0 fully saturated rings. The van der Waals surface area contributed by atoms with E-state index < -0.39 is 35.6 Å². The number of hydrogen-bond acceptors (Lipinski definition) is 3. The Bertz CT molecular complexity index is 739. The predicted octanol–water partition coefficient (Wildman–Crippen LogP) is 2.19. The van der Waals surface area contributed by atoms with Crippen molar-refractivity contribution in [2.45, 2.75) is 12.8 Å². The number of aromatic nitrogens is 1. The van der Waals surface area contributed by atoms with Gasteiger partial charge in [0.05, 0.1) is 12.2 Å². The lowest BCUT2D eigenvalue weighted by molar-refractivity contribution is -0.124. The lowest BCUT2D eigenvalue weighted by atomic mass is 10.1. The summed E-state index contributed by atoms with van der Waals surface area (Å²) in [5, 5.41) is 4.42. The first-order valence-electron chi connectivity index (χ1n) is 7.06. The molecule has 0 radical (unpaired) electrons. The Kier molecular flexibility index (Phi) is 5.89. The second kappa shape index (κ2) is 8.09. The van der Waals surface area contributed by atoms with Gasteiger partial charge in [-0.3, -0.25) is 14.6 Å². The third-order valence-electron chi connectivity index (χ3n) is 3.12. The molecule has 0 saturated carbocycles. The fourth-order valence-corrected chi connectivity index (χ4v) is 1.89. The summed E-state index contributed by atoms with van der Waals surface area (Å²) < 4.78 is 39.2. The molecular formula is C16H14F3N3O2. The zero-order valence-corrected chi connectivity index (χ0v) is 12.5. The molecule has 0 unspecified atom stereocenters. The molecule has 1 aromatic carbocycles. The van der Waals surface area contributed by atoms with Crippen molar-refractivity contribution in [3.63, 3.8) is 0 Å². The molecule has 1 heterocycles. The number of hydrogen-bond donors (Lipinski definition) is 2. The Morgan fingerprint density at radius 2 is 1.83 bits per heavy atom. The van der Waals surface area contributed by atoms with E-state index in [2.05, 4.69) is 15.6 Å². The van der Waals surface area contributed by atoms with Crippen molar-refractivity contribution in [3.05, 3.63) is 59.7 Å². The number of rotatable bonds is 6. The van der Waals surface area contributed by atoms with Gasteiger partial charge in [-0.05, 0) is 30.2 Å². The number of aryl methyl sites for hydroxylation is 1. The summed E-state index contributed by atoms with van der Waals surface area (Å²) in [6.45, 7) is -0.412. The lowest BCUT2D eigenvalue weighted by Gasteiger charge is -2.08. The van der Waals surface area contributed by atoms with Gasteiger partial charge >= 0.3 is 0 Å². The molecule has 0 aliphatic heterocycles. The van der Waals surface area contributed by atoms with Gasteiger partial charge in [0.15, 0.2) is 17.5 Å². The van der Waals surface area contributed by atoms with Crippen LogP contribution in [0, 0.1) is 17.5 Å². The highest BCUT2D eigenvalue weighted by atomic mass is 19.2. The molecule has 0 spiro atoms. The Morgan fingerprint density at radius 1 is 1.04 bits per heavy atom. The summed E-state index contributed by atoms with van der Waals surface area (Å²) >= 11 is 0. The Balaban J connectivity index is 1.79. The van der Waals surface area contributed by atoms with E-state index in [-0.39, 0.29) is 12.3 Å². The normalized spacial score (nSPS) is 10.3. The number of halogens is 3. The van der Waals surface area contributed by atoms with Gasteiger partial charge in [-0.1, -0.05) is 6.07 Å². The third kappa shape index (κ3) is 4.80. The maximum absolute atomic E-state index is 13.4. The van der Waals surface area contributed by atoms with Gasteiger partial charge in [0.1, 0.15) is 0 Å². The first kappa shape index (κ1) is 17.5. The smallest absolute Gasteiger partial charge is 0.243 e. The highest BCUT2D eigenvalue weighted by molar-refractivity contribution is 5.94. The van der Waals surface area contributed by atoms with Crippen LogP contribution in [0.1, 0.15) is 12.0 Å². The standard InChI is InChI=1S/C16H14F3N3O2/c17-11-4-5-12(16(19)15(11)18)22-14(24)9-21-13(23)6-3-10-2-1-7-20-8-10/h1-2,4-5,7-8H,3,6,9H2,(H,21,23)(H,22,24). The van der Waals surface area contributed by atoms with E-state index >= 15 is 0 Å². The number of nitrogens with zero attached hydrogens (tertiary/aromatic N) is 1. The molecule has 0 atom stereocenters. The number of nitrogens with one attached hydrogen (secondary N) is 2. The van der Waals surface area contributed by atoms with Crippen molar-refractivity contribution >= 4 is 17.5 Å². The number of carbonyl (C=O) groups is 2. The molecule has 0 saturated heterocycles. The molecule has 126 valence electrons. The topological polar surface area (TPSA) is 71.1 Å². The van der Waals surface area contributed by atoms with Gasteiger partial charge < -0.3 is 10.6 Å². The van der Waals surface area contributed by atoms with Crippen molar-refractivity contribution < 1.29 is 22.8 Å². The first-order valence-corrected chi connectivity index (χ1v) is 7.06. The second-order valence-corrected chi connectivity index (χ2v) is 4.91. The highest BCUT2D eigenvalue weighted by Crippen LogP contribution is 2.19. The molecular weight excluding hydrogens is 323 g/mol. The van der Waals surface area contributed by atoms with E-state index in [0.717, 1.165) is 11.6 Å². The number of amides is 2. The molecule has 5 nitrogen and oxygen atoms in total. The maximum atomic E-state index is 13.4. The van der Waals surface area contributed by atoms with Crippen LogP contribution in [-0.4, -0.2) is 23.3 Å². The van der Waals surface area contributed by atoms with E-state index in [9.17, 15) is 22.8 Å².